The van der Waals surface area contributed by atoms with Crippen molar-refractivity contribution in [2.24, 2.45) is 0 Å². The van der Waals surface area contributed by atoms with Crippen LogP contribution in [0.2, 0.25) is 0 Å². The summed E-state index contributed by atoms with van der Waals surface area (Å²) in [6.45, 7) is 18.7. The summed E-state index contributed by atoms with van der Waals surface area (Å²) in [6, 6.07) is 85.7. The van der Waals surface area contributed by atoms with Gasteiger partial charge in [-0.1, -0.05) is 234 Å². The Morgan fingerprint density at radius 1 is 0.276 bits per heavy atom. The van der Waals surface area contributed by atoms with Crippen molar-refractivity contribution in [1.82, 2.24) is 0 Å². The Morgan fingerprint density at radius 2 is 0.579 bits per heavy atom. The molecule has 12 rings (SSSR count). The lowest BCUT2D eigenvalue weighted by Gasteiger charge is -2.35. The fraction of sp³-hybridized carbons (Fsp3) is 0.135. The van der Waals surface area contributed by atoms with Gasteiger partial charge in [-0.25, -0.2) is 0 Å². The third-order valence-electron chi connectivity index (χ3n) is 16.0. The van der Waals surface area contributed by atoms with Gasteiger partial charge in [0.05, 0.1) is 34.1 Å². The number of rotatable bonds is 12. The number of hydrogen-bond acceptors (Lipinski definition) is 2. The zero-order valence-corrected chi connectivity index (χ0v) is 45.0. The molecule has 0 saturated heterocycles. The van der Waals surface area contributed by atoms with Gasteiger partial charge in [0.1, 0.15) is 0 Å². The SMILES string of the molecule is Cc1ccc(-c2ccccc2)c(C)c1N(c1ccccc1-c1ccccc1)c1cc(C(C)C)c2ccc3c(N(c4ccccc4-c4ccccc4)c4c(C)ccc(-c5ccccc5)c4C)cc(C(C)C)c4ccc1c2c43. The average molecular weight is 981 g/mol. The number of para-hydroxylation sites is 2. The van der Waals surface area contributed by atoms with E-state index in [2.05, 4.69) is 296 Å². The highest BCUT2D eigenvalue weighted by Crippen LogP contribution is 2.55. The molecule has 0 aliphatic carbocycles. The lowest BCUT2D eigenvalue weighted by atomic mass is 9.83. The van der Waals surface area contributed by atoms with E-state index in [1.54, 1.807) is 0 Å². The fourth-order valence-electron chi connectivity index (χ4n) is 12.4. The van der Waals surface area contributed by atoms with Crippen LogP contribution in [0.25, 0.3) is 76.8 Å². The van der Waals surface area contributed by atoms with Crippen LogP contribution in [0.5, 0.6) is 0 Å². The lowest BCUT2D eigenvalue weighted by Crippen LogP contribution is -2.16. The average Bonchev–Trinajstić information content (AvgIpc) is 3.65. The number of anilines is 6. The highest BCUT2D eigenvalue weighted by Gasteiger charge is 2.30. The maximum absolute atomic E-state index is 2.62. The predicted molar refractivity (Wildman–Crippen MR) is 328 cm³/mol. The van der Waals surface area contributed by atoms with Crippen molar-refractivity contribution >= 4 is 66.4 Å². The molecule has 2 nitrogen and oxygen atoms in total. The van der Waals surface area contributed by atoms with E-state index in [0.29, 0.717) is 0 Å². The normalized spacial score (nSPS) is 11.7. The molecule has 370 valence electrons. The Balaban J connectivity index is 1.23. The monoisotopic (exact) mass is 981 g/mol. The quantitative estimate of drug-likeness (QED) is 0.113. The molecule has 12 aromatic carbocycles. The largest absolute Gasteiger partial charge is 0.309 e. The first-order valence-corrected chi connectivity index (χ1v) is 27.1. The second-order valence-corrected chi connectivity index (χ2v) is 21.3. The lowest BCUT2D eigenvalue weighted by molar-refractivity contribution is 0.875. The Morgan fingerprint density at radius 3 is 0.921 bits per heavy atom. The summed E-state index contributed by atoms with van der Waals surface area (Å²) < 4.78 is 0. The molecule has 76 heavy (non-hydrogen) atoms. The Hall–Kier alpha value is -8.72. The van der Waals surface area contributed by atoms with Gasteiger partial charge in [0.15, 0.2) is 0 Å². The van der Waals surface area contributed by atoms with Crippen molar-refractivity contribution < 1.29 is 0 Å². The summed E-state index contributed by atoms with van der Waals surface area (Å²) in [5, 5.41) is 7.67. The zero-order chi connectivity index (χ0) is 52.2. The second kappa shape index (κ2) is 19.9. The second-order valence-electron chi connectivity index (χ2n) is 21.3. The van der Waals surface area contributed by atoms with Gasteiger partial charge in [-0.3, -0.25) is 0 Å². The molecule has 0 spiro atoms. The highest BCUT2D eigenvalue weighted by atomic mass is 15.2. The van der Waals surface area contributed by atoms with Gasteiger partial charge in [-0.15, -0.1) is 0 Å². The van der Waals surface area contributed by atoms with E-state index in [1.165, 1.54) is 133 Å². The molecule has 12 aromatic rings. The summed E-state index contributed by atoms with van der Waals surface area (Å²) in [4.78, 5) is 5.23. The topological polar surface area (TPSA) is 6.48 Å². The minimum atomic E-state index is 0.233. The maximum atomic E-state index is 2.62. The van der Waals surface area contributed by atoms with E-state index in [0.717, 1.165) is 11.4 Å². The number of hydrogen-bond donors (Lipinski definition) is 0. The van der Waals surface area contributed by atoms with Crippen molar-refractivity contribution in [3.05, 3.63) is 264 Å². The molecule has 0 bridgehead atoms. The minimum Gasteiger partial charge on any atom is -0.309 e. The van der Waals surface area contributed by atoms with Crippen molar-refractivity contribution in [2.75, 3.05) is 9.80 Å². The molecule has 0 atom stereocenters. The van der Waals surface area contributed by atoms with Crippen LogP contribution >= 0.6 is 0 Å². The molecule has 2 heteroatoms. The van der Waals surface area contributed by atoms with Gasteiger partial charge in [0.25, 0.3) is 0 Å². The summed E-state index contributed by atoms with van der Waals surface area (Å²) in [6.07, 6.45) is 0. The molecule has 0 aliphatic rings. The summed E-state index contributed by atoms with van der Waals surface area (Å²) in [5.74, 6) is 0.466. The molecule has 0 N–H and O–H groups in total. The van der Waals surface area contributed by atoms with Crippen LogP contribution in [0.15, 0.2) is 231 Å². The molecule has 0 aromatic heterocycles. The highest BCUT2D eigenvalue weighted by molar-refractivity contribution is 6.30. The van der Waals surface area contributed by atoms with Crippen LogP contribution in [-0.4, -0.2) is 0 Å². The first-order chi connectivity index (χ1) is 37.1. The van der Waals surface area contributed by atoms with Gasteiger partial charge < -0.3 is 9.80 Å². The van der Waals surface area contributed by atoms with Gasteiger partial charge in [-0.2, -0.15) is 0 Å². The zero-order valence-electron chi connectivity index (χ0n) is 45.0. The van der Waals surface area contributed by atoms with Gasteiger partial charge in [0.2, 0.25) is 0 Å². The summed E-state index contributed by atoms with van der Waals surface area (Å²) in [7, 11) is 0. The molecular weight excluding hydrogens is 917 g/mol. The van der Waals surface area contributed by atoms with E-state index < -0.39 is 0 Å². The van der Waals surface area contributed by atoms with E-state index in [-0.39, 0.29) is 11.8 Å². The smallest absolute Gasteiger partial charge is 0.0544 e. The maximum Gasteiger partial charge on any atom is 0.0544 e. The number of benzene rings is 12. The molecule has 0 amide bonds. The van der Waals surface area contributed by atoms with Crippen molar-refractivity contribution in [3.8, 4) is 44.5 Å². The van der Waals surface area contributed by atoms with Gasteiger partial charge in [0, 0.05) is 21.9 Å². The Kier molecular flexibility index (Phi) is 12.6. The van der Waals surface area contributed by atoms with Gasteiger partial charge in [-0.05, 0) is 152 Å². The summed E-state index contributed by atoms with van der Waals surface area (Å²) >= 11 is 0. The van der Waals surface area contributed by atoms with Crippen LogP contribution in [-0.2, 0) is 0 Å². The number of nitrogens with zero attached hydrogens (tertiary/aromatic N) is 2. The first kappa shape index (κ1) is 48.2. The number of aryl methyl sites for hydroxylation is 2. The third kappa shape index (κ3) is 8.21. The van der Waals surface area contributed by atoms with E-state index in [4.69, 9.17) is 0 Å². The van der Waals surface area contributed by atoms with Crippen LogP contribution < -0.4 is 9.80 Å². The van der Waals surface area contributed by atoms with Crippen LogP contribution in [0.1, 0.15) is 72.9 Å². The molecule has 0 heterocycles. The molecule has 0 fully saturated rings. The van der Waals surface area contributed by atoms with Crippen LogP contribution in [0.4, 0.5) is 34.1 Å². The molecule has 0 aliphatic heterocycles. The predicted octanol–water partition coefficient (Wildman–Crippen LogP) is 21.7. The Labute approximate surface area is 449 Å². The van der Waals surface area contributed by atoms with E-state index >= 15 is 0 Å². The van der Waals surface area contributed by atoms with Gasteiger partial charge >= 0.3 is 0 Å². The molecule has 0 radical (unpaired) electrons. The molecule has 0 saturated carbocycles. The first-order valence-electron chi connectivity index (χ1n) is 27.1. The van der Waals surface area contributed by atoms with Crippen molar-refractivity contribution in [3.63, 3.8) is 0 Å². The fourth-order valence-corrected chi connectivity index (χ4v) is 12.4. The third-order valence-corrected chi connectivity index (χ3v) is 16.0. The molecular formula is C74H64N2. The van der Waals surface area contributed by atoms with Crippen LogP contribution in [0.3, 0.4) is 0 Å². The van der Waals surface area contributed by atoms with Crippen molar-refractivity contribution in [2.45, 2.75) is 67.2 Å². The molecule has 0 unspecified atom stereocenters. The van der Waals surface area contributed by atoms with E-state index in [9.17, 15) is 0 Å². The van der Waals surface area contributed by atoms with Crippen molar-refractivity contribution in [1.29, 1.82) is 0 Å². The van der Waals surface area contributed by atoms with Crippen LogP contribution in [0, 0.1) is 27.7 Å². The minimum absolute atomic E-state index is 0.233. The summed E-state index contributed by atoms with van der Waals surface area (Å²) in [5.41, 5.74) is 24.2. The van der Waals surface area contributed by atoms with E-state index in [1.807, 2.05) is 0 Å². The Bertz CT molecular complexity index is 3810. The standard InChI is InChI=1S/C74H64N2/c1-47(2)65-45-69(75(67-35-23-21-33-59(67)55-29-17-11-18-30-55)73-49(5)37-39-57(51(73)7)53-25-13-9-14-26-53)63-44-42-62-66(48(3)4)46-70(64-43-41-61(65)71(63)72(62)64)76(68-36-24-22-34-60(68)56-31-19-12-20-32-56)74-50(6)38-40-58(52(74)8)54-27-15-10-16-28-54/h9-48H,1-8H3.